The van der Waals surface area contributed by atoms with Crippen molar-refractivity contribution < 1.29 is 5.11 Å². The maximum atomic E-state index is 9.72. The number of unbranched alkanes of at least 4 members (excludes halogenated alkanes) is 13. The van der Waals surface area contributed by atoms with Crippen LogP contribution in [0.2, 0.25) is 0 Å². The zero-order chi connectivity index (χ0) is 19.7. The molecule has 0 spiro atoms. The van der Waals surface area contributed by atoms with Gasteiger partial charge in [0.05, 0.1) is 6.10 Å². The molecule has 0 radical (unpaired) electrons. The predicted octanol–water partition coefficient (Wildman–Crippen LogP) is 8.64. The fourth-order valence-corrected chi connectivity index (χ4v) is 4.06. The van der Waals surface area contributed by atoms with Gasteiger partial charge in [0.1, 0.15) is 0 Å². The molecule has 0 bridgehead atoms. The molecule has 0 aliphatic heterocycles. The third-order valence-electron chi connectivity index (χ3n) is 5.83. The number of hydrogen-bond acceptors (Lipinski definition) is 2. The lowest BCUT2D eigenvalue weighted by Crippen LogP contribution is -2.32. The van der Waals surface area contributed by atoms with Crippen LogP contribution in [-0.4, -0.2) is 22.0 Å². The zero-order valence-corrected chi connectivity index (χ0v) is 20.1. The average molecular weight is 427 g/mol. The summed E-state index contributed by atoms with van der Waals surface area (Å²) in [6.07, 6.45) is 20.8. The molecule has 0 heterocycles. The Balaban J connectivity index is 0. The van der Waals surface area contributed by atoms with E-state index in [1.165, 1.54) is 89.9 Å². The smallest absolute Gasteiger partial charge is 0.0692 e. The number of aliphatic hydroxyl groups excluding tert-OH is 1. The average Bonchev–Trinajstić information content (AvgIpc) is 2.61. The van der Waals surface area contributed by atoms with Crippen LogP contribution in [0.15, 0.2) is 0 Å². The number of aliphatic hydroxyl groups is 1. The van der Waals surface area contributed by atoms with Crippen LogP contribution in [0.1, 0.15) is 124 Å². The molecule has 0 rings (SSSR count). The molecule has 0 saturated heterocycles. The molecule has 0 aromatic rings. The minimum absolute atomic E-state index is 0. The van der Waals surface area contributed by atoms with E-state index in [0.717, 1.165) is 6.42 Å². The van der Waals surface area contributed by atoms with Gasteiger partial charge in [0.25, 0.3) is 0 Å². The lowest BCUT2D eigenvalue weighted by Gasteiger charge is -2.31. The van der Waals surface area contributed by atoms with Crippen molar-refractivity contribution in [2.75, 3.05) is 5.88 Å². The van der Waals surface area contributed by atoms with E-state index in [-0.39, 0.29) is 16.9 Å². The van der Waals surface area contributed by atoms with Gasteiger partial charge in [-0.2, -0.15) is 0 Å². The molecule has 3 unspecified atom stereocenters. The molecule has 4 heteroatoms. The third-order valence-corrected chi connectivity index (χ3v) is 6.71. The van der Waals surface area contributed by atoms with Crippen molar-refractivity contribution in [3.63, 3.8) is 0 Å². The Morgan fingerprint density at radius 3 is 1.52 bits per heavy atom. The maximum absolute atomic E-state index is 9.72. The minimum Gasteiger partial charge on any atom is -0.392 e. The molecule has 0 aromatic carbocycles. The van der Waals surface area contributed by atoms with E-state index < -0.39 is 6.10 Å². The summed E-state index contributed by atoms with van der Waals surface area (Å²) in [6, 6.07) is 0. The second-order valence-electron chi connectivity index (χ2n) is 8.58. The van der Waals surface area contributed by atoms with Crippen LogP contribution >= 0.6 is 23.2 Å². The van der Waals surface area contributed by atoms with E-state index in [9.17, 15) is 5.11 Å². The van der Waals surface area contributed by atoms with E-state index in [4.69, 9.17) is 23.2 Å². The summed E-state index contributed by atoms with van der Waals surface area (Å²) in [5.41, 5.74) is 0. The van der Waals surface area contributed by atoms with Crippen molar-refractivity contribution in [2.24, 2.45) is 5.92 Å². The fourth-order valence-electron chi connectivity index (χ4n) is 3.66. The second kappa shape index (κ2) is 19.8. The van der Waals surface area contributed by atoms with E-state index >= 15 is 0 Å². The lowest BCUT2D eigenvalue weighted by molar-refractivity contribution is 0.158. The highest BCUT2D eigenvalue weighted by molar-refractivity contribution is 6.24. The normalized spacial score (nSPS) is 15.8. The quantitative estimate of drug-likeness (QED) is 0.160. The topological polar surface area (TPSA) is 55.2 Å². The molecule has 4 N–H and O–H groups in total. The number of halogens is 2. The first kappa shape index (κ1) is 29.7. The maximum Gasteiger partial charge on any atom is 0.0692 e. The van der Waals surface area contributed by atoms with Gasteiger partial charge in [0.2, 0.25) is 0 Å². The first-order chi connectivity index (χ1) is 12.4. The van der Waals surface area contributed by atoms with Crippen molar-refractivity contribution in [1.29, 1.82) is 0 Å². The first-order valence-corrected chi connectivity index (χ1v) is 12.3. The number of alkyl halides is 2. The Kier molecular flexibility index (Phi) is 21.8. The Labute approximate surface area is 180 Å². The Bertz CT molecular complexity index is 300. The highest BCUT2D eigenvalue weighted by Gasteiger charge is 2.30. The Hall–Kier alpha value is 0.500. The molecule has 0 saturated carbocycles. The monoisotopic (exact) mass is 425 g/mol. The zero-order valence-electron chi connectivity index (χ0n) is 18.6. The molecule has 27 heavy (non-hydrogen) atoms. The summed E-state index contributed by atoms with van der Waals surface area (Å²) in [5.74, 6) is 0.688. The van der Waals surface area contributed by atoms with Crippen molar-refractivity contribution in [3.05, 3.63) is 0 Å². The van der Waals surface area contributed by atoms with E-state index in [1.54, 1.807) is 0 Å². The number of hydrogen-bond donors (Lipinski definition) is 2. The summed E-state index contributed by atoms with van der Waals surface area (Å²) in [7, 11) is 0. The van der Waals surface area contributed by atoms with Gasteiger partial charge >= 0.3 is 0 Å². The van der Waals surface area contributed by atoms with Crippen LogP contribution in [0, 0.1) is 5.92 Å². The van der Waals surface area contributed by atoms with Crippen molar-refractivity contribution in [2.45, 2.75) is 134 Å². The van der Waals surface area contributed by atoms with Gasteiger partial charge in [0, 0.05) is 10.8 Å². The van der Waals surface area contributed by atoms with Crippen LogP contribution in [0.5, 0.6) is 0 Å². The highest BCUT2D eigenvalue weighted by Crippen LogP contribution is 2.33. The number of rotatable bonds is 19. The summed E-state index contributed by atoms with van der Waals surface area (Å²) in [4.78, 5) is -0.342. The molecule has 0 aliphatic carbocycles. The van der Waals surface area contributed by atoms with Crippen LogP contribution in [0.3, 0.4) is 0 Å². The van der Waals surface area contributed by atoms with E-state index in [2.05, 4.69) is 13.8 Å². The molecule has 166 valence electrons. The van der Waals surface area contributed by atoms with Crippen molar-refractivity contribution in [3.8, 4) is 0 Å². The molecular weight excluding hydrogens is 377 g/mol. The molecule has 0 aliphatic rings. The molecular formula is C23H49Cl2NO. The molecule has 0 amide bonds. The van der Waals surface area contributed by atoms with Crippen LogP contribution < -0.4 is 6.15 Å². The highest BCUT2D eigenvalue weighted by atomic mass is 35.5. The van der Waals surface area contributed by atoms with E-state index in [0.29, 0.717) is 12.3 Å². The van der Waals surface area contributed by atoms with Gasteiger partial charge in [-0.1, -0.05) is 104 Å². The van der Waals surface area contributed by atoms with Crippen LogP contribution in [0.4, 0.5) is 0 Å². The van der Waals surface area contributed by atoms with Crippen molar-refractivity contribution in [1.82, 2.24) is 6.15 Å². The summed E-state index contributed by atoms with van der Waals surface area (Å²) < 4.78 is 0. The Morgan fingerprint density at radius 2 is 1.15 bits per heavy atom. The van der Waals surface area contributed by atoms with Gasteiger partial charge in [-0.25, -0.2) is 0 Å². The summed E-state index contributed by atoms with van der Waals surface area (Å²) in [6.45, 7) is 6.53. The molecule has 0 aromatic heterocycles. The van der Waals surface area contributed by atoms with Crippen LogP contribution in [-0.2, 0) is 0 Å². The van der Waals surface area contributed by atoms with Crippen LogP contribution in [0.25, 0.3) is 0 Å². The molecule has 3 atom stereocenters. The Morgan fingerprint density at radius 1 is 0.778 bits per heavy atom. The van der Waals surface area contributed by atoms with Gasteiger partial charge < -0.3 is 11.3 Å². The fraction of sp³-hybridized carbons (Fsp3) is 1.00. The molecule has 2 nitrogen and oxygen atoms in total. The summed E-state index contributed by atoms with van der Waals surface area (Å²) in [5, 5.41) is 9.72. The lowest BCUT2D eigenvalue weighted by atomic mass is 9.86. The minimum atomic E-state index is -0.488. The van der Waals surface area contributed by atoms with E-state index in [1.807, 2.05) is 6.92 Å². The molecule has 0 fully saturated rings. The van der Waals surface area contributed by atoms with Crippen molar-refractivity contribution >= 4 is 23.2 Å². The van der Waals surface area contributed by atoms with Gasteiger partial charge in [0.15, 0.2) is 0 Å². The predicted molar refractivity (Wildman–Crippen MR) is 125 cm³/mol. The summed E-state index contributed by atoms with van der Waals surface area (Å²) >= 11 is 12.3. The SMILES string of the molecule is CCCCCCCCCCCCCCCCC(C)C(C)(Cl)CC(O)CCl.N. The van der Waals surface area contributed by atoms with Gasteiger partial charge in [-0.3, -0.25) is 0 Å². The third kappa shape index (κ3) is 18.3. The second-order valence-corrected chi connectivity index (χ2v) is 9.75. The largest absolute Gasteiger partial charge is 0.392 e. The van der Waals surface area contributed by atoms with Gasteiger partial charge in [-0.05, 0) is 25.7 Å². The van der Waals surface area contributed by atoms with Gasteiger partial charge in [-0.15, -0.1) is 23.2 Å². The first-order valence-electron chi connectivity index (χ1n) is 11.4. The standard InChI is InChI=1S/C23H46Cl2O.H3N/c1-4-5-6-7-8-9-10-11-12-13-14-15-16-17-18-21(2)23(3,25)19-22(26)20-24;/h21-22,26H,4-20H2,1-3H3;1H3.